The monoisotopic (exact) mass is 449 g/mol. The smallest absolute Gasteiger partial charge is 0.233 e. The zero-order valence-electron chi connectivity index (χ0n) is 17.7. The van der Waals surface area contributed by atoms with Gasteiger partial charge in [0.1, 0.15) is 16.7 Å². The molecule has 2 aromatic rings. The normalized spacial score (nSPS) is 14.0. The van der Waals surface area contributed by atoms with E-state index in [1.165, 1.54) is 11.8 Å². The molecule has 0 saturated carbocycles. The van der Waals surface area contributed by atoms with Gasteiger partial charge in [-0.1, -0.05) is 30.3 Å². The lowest BCUT2D eigenvalue weighted by atomic mass is 10.2. The SMILES string of the molecule is CCCN(C)c1cc(Cl)nc(SCC(=O)N2CCN(c3ccc(OC)cc3)CC2)n1. The van der Waals surface area contributed by atoms with Gasteiger partial charge in [-0.05, 0) is 30.7 Å². The van der Waals surface area contributed by atoms with E-state index >= 15 is 0 Å². The number of thioether (sulfide) groups is 1. The highest BCUT2D eigenvalue weighted by Gasteiger charge is 2.22. The van der Waals surface area contributed by atoms with Gasteiger partial charge in [-0.2, -0.15) is 0 Å². The van der Waals surface area contributed by atoms with Gasteiger partial charge >= 0.3 is 0 Å². The van der Waals surface area contributed by atoms with Crippen molar-refractivity contribution in [1.82, 2.24) is 14.9 Å². The molecule has 0 N–H and O–H groups in total. The molecular weight excluding hydrogens is 422 g/mol. The predicted octanol–water partition coefficient (Wildman–Crippen LogP) is 3.43. The molecule has 1 aromatic heterocycles. The van der Waals surface area contributed by atoms with E-state index < -0.39 is 0 Å². The average Bonchev–Trinajstić information content (AvgIpc) is 2.77. The van der Waals surface area contributed by atoms with Crippen LogP contribution in [-0.2, 0) is 4.79 Å². The van der Waals surface area contributed by atoms with Gasteiger partial charge in [0.15, 0.2) is 5.16 Å². The summed E-state index contributed by atoms with van der Waals surface area (Å²) in [6, 6.07) is 9.77. The molecule has 1 aliphatic heterocycles. The lowest BCUT2D eigenvalue weighted by molar-refractivity contribution is -0.128. The minimum atomic E-state index is 0.0985. The maximum absolute atomic E-state index is 12.7. The number of carbonyl (C=O) groups is 1. The molecule has 3 rings (SSSR count). The van der Waals surface area contributed by atoms with E-state index in [2.05, 4.69) is 33.9 Å². The van der Waals surface area contributed by atoms with Gasteiger partial charge in [0.05, 0.1) is 12.9 Å². The van der Waals surface area contributed by atoms with E-state index in [0.29, 0.717) is 29.2 Å². The van der Waals surface area contributed by atoms with E-state index in [0.717, 1.165) is 43.3 Å². The van der Waals surface area contributed by atoms with Crippen molar-refractivity contribution in [1.29, 1.82) is 0 Å². The van der Waals surface area contributed by atoms with Crippen LogP contribution in [0.4, 0.5) is 11.5 Å². The fourth-order valence-corrected chi connectivity index (χ4v) is 4.30. The van der Waals surface area contributed by atoms with Gasteiger partial charge in [0, 0.05) is 51.5 Å². The lowest BCUT2D eigenvalue weighted by Crippen LogP contribution is -2.49. The molecule has 0 bridgehead atoms. The Kier molecular flexibility index (Phi) is 8.04. The fraction of sp³-hybridized carbons (Fsp3) is 0.476. The summed E-state index contributed by atoms with van der Waals surface area (Å²) in [5, 5.41) is 0.927. The van der Waals surface area contributed by atoms with Crippen molar-refractivity contribution >= 4 is 40.8 Å². The van der Waals surface area contributed by atoms with E-state index in [9.17, 15) is 4.79 Å². The topological polar surface area (TPSA) is 61.8 Å². The first-order valence-electron chi connectivity index (χ1n) is 10.1. The number of rotatable bonds is 8. The van der Waals surface area contributed by atoms with E-state index in [4.69, 9.17) is 16.3 Å². The molecule has 0 unspecified atom stereocenters. The molecule has 1 fully saturated rings. The minimum absolute atomic E-state index is 0.0985. The predicted molar refractivity (Wildman–Crippen MR) is 123 cm³/mol. The summed E-state index contributed by atoms with van der Waals surface area (Å²) in [6.45, 7) is 6.01. The van der Waals surface area contributed by atoms with Crippen LogP contribution in [0.3, 0.4) is 0 Å². The van der Waals surface area contributed by atoms with Crippen molar-refractivity contribution < 1.29 is 9.53 Å². The van der Waals surface area contributed by atoms with Crippen LogP contribution in [-0.4, -0.2) is 73.4 Å². The molecule has 1 amide bonds. The maximum atomic E-state index is 12.7. The standard InChI is InChI=1S/C21H28ClN5O2S/c1-4-9-25(2)19-14-18(22)23-21(24-19)30-15-20(28)27-12-10-26(11-13-27)16-5-7-17(29-3)8-6-16/h5-8,14H,4,9-13,15H2,1-3H3. The number of benzene rings is 1. The summed E-state index contributed by atoms with van der Waals surface area (Å²) in [4.78, 5) is 27.7. The van der Waals surface area contributed by atoms with Crippen LogP contribution in [0.5, 0.6) is 5.75 Å². The van der Waals surface area contributed by atoms with Crippen LogP contribution < -0.4 is 14.5 Å². The number of carbonyl (C=O) groups excluding carboxylic acids is 1. The van der Waals surface area contributed by atoms with E-state index in [-0.39, 0.29) is 5.91 Å². The number of methoxy groups -OCH3 is 1. The zero-order chi connectivity index (χ0) is 21.5. The number of aromatic nitrogens is 2. The Hall–Kier alpha value is -2.19. The summed E-state index contributed by atoms with van der Waals surface area (Å²) >= 11 is 7.49. The van der Waals surface area contributed by atoms with Crippen LogP contribution in [0.2, 0.25) is 5.15 Å². The molecule has 7 nitrogen and oxygen atoms in total. The van der Waals surface area contributed by atoms with E-state index in [1.54, 1.807) is 13.2 Å². The Balaban J connectivity index is 1.51. The Labute approximate surface area is 187 Å². The van der Waals surface area contributed by atoms with Gasteiger partial charge in [0.25, 0.3) is 0 Å². The number of hydrogen-bond acceptors (Lipinski definition) is 7. The van der Waals surface area contributed by atoms with Crippen molar-refractivity contribution in [3.8, 4) is 5.75 Å². The molecule has 2 heterocycles. The third-order valence-electron chi connectivity index (χ3n) is 5.01. The second kappa shape index (κ2) is 10.7. The summed E-state index contributed by atoms with van der Waals surface area (Å²) in [6.07, 6.45) is 1.02. The van der Waals surface area contributed by atoms with Gasteiger partial charge in [-0.25, -0.2) is 9.97 Å². The Bertz CT molecular complexity index is 844. The minimum Gasteiger partial charge on any atom is -0.497 e. The van der Waals surface area contributed by atoms with Crippen molar-refractivity contribution in [3.05, 3.63) is 35.5 Å². The van der Waals surface area contributed by atoms with E-state index in [1.807, 2.05) is 29.0 Å². The number of amides is 1. The second-order valence-electron chi connectivity index (χ2n) is 7.11. The number of anilines is 2. The molecule has 0 spiro atoms. The molecule has 0 radical (unpaired) electrons. The Morgan fingerprint density at radius 2 is 1.90 bits per heavy atom. The third-order valence-corrected chi connectivity index (χ3v) is 6.03. The Morgan fingerprint density at radius 3 is 2.53 bits per heavy atom. The molecule has 30 heavy (non-hydrogen) atoms. The molecule has 1 saturated heterocycles. The van der Waals surface area contributed by atoms with Crippen LogP contribution in [0.15, 0.2) is 35.5 Å². The van der Waals surface area contributed by atoms with Gasteiger partial charge < -0.3 is 19.4 Å². The number of ether oxygens (including phenoxy) is 1. The van der Waals surface area contributed by atoms with Crippen LogP contribution in [0, 0.1) is 0 Å². The van der Waals surface area contributed by atoms with Crippen LogP contribution >= 0.6 is 23.4 Å². The summed E-state index contributed by atoms with van der Waals surface area (Å²) in [5.74, 6) is 2.03. The molecule has 1 aliphatic rings. The van der Waals surface area contributed by atoms with Crippen molar-refractivity contribution in [3.63, 3.8) is 0 Å². The highest BCUT2D eigenvalue weighted by atomic mass is 35.5. The second-order valence-corrected chi connectivity index (χ2v) is 8.44. The number of hydrogen-bond donors (Lipinski definition) is 0. The molecular formula is C21H28ClN5O2S. The fourth-order valence-electron chi connectivity index (χ4n) is 3.32. The van der Waals surface area contributed by atoms with Crippen molar-refractivity contribution in [2.75, 3.05) is 62.4 Å². The number of piperazine rings is 1. The summed E-state index contributed by atoms with van der Waals surface area (Å²) < 4.78 is 5.21. The average molecular weight is 450 g/mol. The summed E-state index contributed by atoms with van der Waals surface area (Å²) in [5.41, 5.74) is 1.15. The van der Waals surface area contributed by atoms with Crippen LogP contribution in [0.1, 0.15) is 13.3 Å². The molecule has 1 aromatic carbocycles. The van der Waals surface area contributed by atoms with Gasteiger partial charge in [0.2, 0.25) is 5.91 Å². The van der Waals surface area contributed by atoms with Gasteiger partial charge in [-0.15, -0.1) is 0 Å². The highest BCUT2D eigenvalue weighted by Crippen LogP contribution is 2.23. The number of nitrogens with zero attached hydrogens (tertiary/aromatic N) is 5. The lowest BCUT2D eigenvalue weighted by Gasteiger charge is -2.36. The van der Waals surface area contributed by atoms with Gasteiger partial charge in [-0.3, -0.25) is 4.79 Å². The van der Waals surface area contributed by atoms with Crippen molar-refractivity contribution in [2.45, 2.75) is 18.5 Å². The quantitative estimate of drug-likeness (QED) is 0.347. The summed E-state index contributed by atoms with van der Waals surface area (Å²) in [7, 11) is 3.64. The zero-order valence-corrected chi connectivity index (χ0v) is 19.2. The molecule has 162 valence electrons. The molecule has 9 heteroatoms. The first-order valence-corrected chi connectivity index (χ1v) is 11.4. The first-order chi connectivity index (χ1) is 14.5. The Morgan fingerprint density at radius 1 is 1.20 bits per heavy atom. The highest BCUT2D eigenvalue weighted by molar-refractivity contribution is 7.99. The third kappa shape index (κ3) is 5.92. The van der Waals surface area contributed by atoms with Crippen molar-refractivity contribution in [2.24, 2.45) is 0 Å². The maximum Gasteiger partial charge on any atom is 0.233 e. The largest absolute Gasteiger partial charge is 0.497 e. The molecule has 0 aliphatic carbocycles. The first kappa shape index (κ1) is 22.5. The van der Waals surface area contributed by atoms with Crippen LogP contribution in [0.25, 0.3) is 0 Å². The number of halogens is 1. The molecule has 0 atom stereocenters.